The maximum Gasteiger partial charge on any atom is 0.162 e. The number of aromatic nitrogens is 2. The van der Waals surface area contributed by atoms with Crippen molar-refractivity contribution >= 4 is 0 Å². The van der Waals surface area contributed by atoms with E-state index in [1.807, 2.05) is 37.4 Å². The molecule has 24 heavy (non-hydrogen) atoms. The Morgan fingerprint density at radius 3 is 2.75 bits per heavy atom. The van der Waals surface area contributed by atoms with E-state index in [4.69, 9.17) is 9.47 Å². The number of nitrogens with zero attached hydrogens (tertiary/aromatic N) is 2. The SMILES string of the molecule is CCC(O)Cn1ccc(-c2ccc(OC)c(OC3CCCC3)c2)n1. The van der Waals surface area contributed by atoms with Crippen molar-refractivity contribution in [3.63, 3.8) is 0 Å². The van der Waals surface area contributed by atoms with E-state index < -0.39 is 0 Å². The van der Waals surface area contributed by atoms with Crippen LogP contribution in [0, 0.1) is 0 Å². The summed E-state index contributed by atoms with van der Waals surface area (Å²) >= 11 is 0. The molecule has 1 saturated carbocycles. The molecular weight excluding hydrogens is 304 g/mol. The molecule has 0 saturated heterocycles. The molecule has 5 heteroatoms. The number of aliphatic hydroxyl groups excluding tert-OH is 1. The molecule has 1 fully saturated rings. The molecule has 0 radical (unpaired) electrons. The minimum Gasteiger partial charge on any atom is -0.493 e. The third kappa shape index (κ3) is 3.90. The number of ether oxygens (including phenoxy) is 2. The Morgan fingerprint density at radius 1 is 1.25 bits per heavy atom. The fourth-order valence-electron chi connectivity index (χ4n) is 3.08. The first-order chi connectivity index (χ1) is 11.7. The van der Waals surface area contributed by atoms with Crippen LogP contribution in [-0.4, -0.2) is 34.2 Å². The van der Waals surface area contributed by atoms with E-state index in [0.29, 0.717) is 6.54 Å². The number of rotatable bonds is 7. The van der Waals surface area contributed by atoms with Gasteiger partial charge in [-0.15, -0.1) is 0 Å². The average Bonchev–Trinajstić information content (AvgIpc) is 3.26. The van der Waals surface area contributed by atoms with Crippen LogP contribution in [0.25, 0.3) is 11.3 Å². The van der Waals surface area contributed by atoms with Crippen molar-refractivity contribution in [3.05, 3.63) is 30.5 Å². The van der Waals surface area contributed by atoms with Crippen molar-refractivity contribution in [1.29, 1.82) is 0 Å². The monoisotopic (exact) mass is 330 g/mol. The Morgan fingerprint density at radius 2 is 2.04 bits per heavy atom. The standard InChI is InChI=1S/C19H26N2O3/c1-3-15(22)13-21-11-10-17(20-21)14-8-9-18(23-2)19(12-14)24-16-6-4-5-7-16/h8-12,15-16,22H,3-7,13H2,1-2H3. The number of aliphatic hydroxyl groups is 1. The Balaban J connectivity index is 1.80. The maximum absolute atomic E-state index is 9.77. The van der Waals surface area contributed by atoms with Gasteiger partial charge in [0, 0.05) is 11.8 Å². The first kappa shape index (κ1) is 16.8. The summed E-state index contributed by atoms with van der Waals surface area (Å²) in [6.45, 7) is 2.48. The molecule has 0 spiro atoms. The highest BCUT2D eigenvalue weighted by atomic mass is 16.5. The maximum atomic E-state index is 9.77. The summed E-state index contributed by atoms with van der Waals surface area (Å²) in [6.07, 6.45) is 7.22. The van der Waals surface area contributed by atoms with Crippen LogP contribution < -0.4 is 9.47 Å². The summed E-state index contributed by atoms with van der Waals surface area (Å²) in [5.74, 6) is 1.54. The molecular formula is C19H26N2O3. The van der Waals surface area contributed by atoms with Crippen LogP contribution in [0.3, 0.4) is 0 Å². The van der Waals surface area contributed by atoms with Crippen molar-refractivity contribution in [3.8, 4) is 22.8 Å². The lowest BCUT2D eigenvalue weighted by Gasteiger charge is -2.16. The molecule has 0 aliphatic heterocycles. The van der Waals surface area contributed by atoms with Crippen molar-refractivity contribution in [1.82, 2.24) is 9.78 Å². The van der Waals surface area contributed by atoms with Crippen molar-refractivity contribution < 1.29 is 14.6 Å². The van der Waals surface area contributed by atoms with Crippen LogP contribution in [0.4, 0.5) is 0 Å². The first-order valence-electron chi connectivity index (χ1n) is 8.76. The third-order valence-corrected chi connectivity index (χ3v) is 4.56. The number of hydrogen-bond donors (Lipinski definition) is 1. The largest absolute Gasteiger partial charge is 0.493 e. The first-order valence-corrected chi connectivity index (χ1v) is 8.76. The zero-order chi connectivity index (χ0) is 16.9. The van der Waals surface area contributed by atoms with E-state index in [2.05, 4.69) is 5.10 Å². The van der Waals surface area contributed by atoms with Gasteiger partial charge in [0.15, 0.2) is 11.5 Å². The summed E-state index contributed by atoms with van der Waals surface area (Å²) < 4.78 is 13.4. The lowest BCUT2D eigenvalue weighted by atomic mass is 10.1. The van der Waals surface area contributed by atoms with E-state index in [1.165, 1.54) is 12.8 Å². The number of methoxy groups -OCH3 is 1. The lowest BCUT2D eigenvalue weighted by molar-refractivity contribution is 0.145. The van der Waals surface area contributed by atoms with Gasteiger partial charge in [0.1, 0.15) is 0 Å². The zero-order valence-corrected chi connectivity index (χ0v) is 14.4. The van der Waals surface area contributed by atoms with E-state index >= 15 is 0 Å². The molecule has 1 aromatic heterocycles. The van der Waals surface area contributed by atoms with Gasteiger partial charge in [-0.3, -0.25) is 4.68 Å². The molecule has 1 N–H and O–H groups in total. The Labute approximate surface area is 143 Å². The van der Waals surface area contributed by atoms with Crippen LogP contribution in [0.2, 0.25) is 0 Å². The molecule has 3 rings (SSSR count). The predicted octanol–water partition coefficient (Wildman–Crippen LogP) is 3.65. The fraction of sp³-hybridized carbons (Fsp3) is 0.526. The second kappa shape index (κ2) is 7.71. The molecule has 5 nitrogen and oxygen atoms in total. The van der Waals surface area contributed by atoms with Crippen LogP contribution in [0.15, 0.2) is 30.5 Å². The number of hydrogen-bond acceptors (Lipinski definition) is 4. The Kier molecular flexibility index (Phi) is 5.41. The summed E-state index contributed by atoms with van der Waals surface area (Å²) in [6, 6.07) is 7.88. The minimum absolute atomic E-state index is 0.284. The van der Waals surface area contributed by atoms with Gasteiger partial charge in [-0.25, -0.2) is 0 Å². The van der Waals surface area contributed by atoms with E-state index in [-0.39, 0.29) is 12.2 Å². The molecule has 1 unspecified atom stereocenters. The van der Waals surface area contributed by atoms with Gasteiger partial charge in [0.05, 0.1) is 31.6 Å². The zero-order valence-electron chi connectivity index (χ0n) is 14.4. The van der Waals surface area contributed by atoms with Gasteiger partial charge in [0.25, 0.3) is 0 Å². The Hall–Kier alpha value is -2.01. The molecule has 0 amide bonds. The van der Waals surface area contributed by atoms with Crippen molar-refractivity contribution in [2.24, 2.45) is 0 Å². The molecule has 1 aliphatic carbocycles. The second-order valence-electron chi connectivity index (χ2n) is 6.38. The van der Waals surface area contributed by atoms with Crippen molar-refractivity contribution in [2.45, 2.75) is 57.8 Å². The summed E-state index contributed by atoms with van der Waals surface area (Å²) in [4.78, 5) is 0. The van der Waals surface area contributed by atoms with Crippen LogP contribution in [0.1, 0.15) is 39.0 Å². The molecule has 1 atom stereocenters. The van der Waals surface area contributed by atoms with Gasteiger partial charge in [-0.1, -0.05) is 6.92 Å². The highest BCUT2D eigenvalue weighted by molar-refractivity contribution is 5.63. The lowest BCUT2D eigenvalue weighted by Crippen LogP contribution is -2.15. The van der Waals surface area contributed by atoms with E-state index in [9.17, 15) is 5.11 Å². The topological polar surface area (TPSA) is 56.5 Å². The average molecular weight is 330 g/mol. The highest BCUT2D eigenvalue weighted by Gasteiger charge is 2.19. The van der Waals surface area contributed by atoms with Gasteiger partial charge in [-0.05, 0) is 56.4 Å². The fourth-order valence-corrected chi connectivity index (χ4v) is 3.08. The van der Waals surface area contributed by atoms with E-state index in [1.54, 1.807) is 11.8 Å². The predicted molar refractivity (Wildman–Crippen MR) is 93.4 cm³/mol. The molecule has 0 bridgehead atoms. The van der Waals surface area contributed by atoms with Gasteiger partial charge >= 0.3 is 0 Å². The molecule has 1 aliphatic rings. The van der Waals surface area contributed by atoms with Gasteiger partial charge < -0.3 is 14.6 Å². The highest BCUT2D eigenvalue weighted by Crippen LogP contribution is 2.35. The molecule has 130 valence electrons. The van der Waals surface area contributed by atoms with Gasteiger partial charge in [-0.2, -0.15) is 5.10 Å². The van der Waals surface area contributed by atoms with Crippen LogP contribution in [-0.2, 0) is 6.54 Å². The molecule has 2 aromatic rings. The molecule has 1 aromatic carbocycles. The van der Waals surface area contributed by atoms with Crippen LogP contribution >= 0.6 is 0 Å². The van der Waals surface area contributed by atoms with E-state index in [0.717, 1.165) is 42.0 Å². The minimum atomic E-state index is -0.366. The van der Waals surface area contributed by atoms with Crippen molar-refractivity contribution in [2.75, 3.05) is 7.11 Å². The normalized spacial score (nSPS) is 16.3. The molecule has 1 heterocycles. The summed E-state index contributed by atoms with van der Waals surface area (Å²) in [7, 11) is 1.66. The third-order valence-electron chi connectivity index (χ3n) is 4.56. The smallest absolute Gasteiger partial charge is 0.162 e. The summed E-state index contributed by atoms with van der Waals surface area (Å²) in [5, 5.41) is 14.3. The summed E-state index contributed by atoms with van der Waals surface area (Å²) in [5.41, 5.74) is 1.87. The number of benzene rings is 1. The second-order valence-corrected chi connectivity index (χ2v) is 6.38. The Bertz CT molecular complexity index is 662. The quantitative estimate of drug-likeness (QED) is 0.842. The van der Waals surface area contributed by atoms with Gasteiger partial charge in [0.2, 0.25) is 0 Å². The van der Waals surface area contributed by atoms with Crippen LogP contribution in [0.5, 0.6) is 11.5 Å².